The van der Waals surface area contributed by atoms with Gasteiger partial charge < -0.3 is 23.7 Å². The van der Waals surface area contributed by atoms with Crippen LogP contribution in [0.2, 0.25) is 0 Å². The fraction of sp³-hybridized carbons (Fsp3) is 0.919. The van der Waals surface area contributed by atoms with Gasteiger partial charge in [-0.15, -0.1) is 9.78 Å². The quantitative estimate of drug-likeness (QED) is 0.0444. The van der Waals surface area contributed by atoms with Gasteiger partial charge in [-0.25, -0.2) is 9.59 Å². The average Bonchev–Trinajstić information content (AvgIpc) is 2.75. The zero-order chi connectivity index (χ0) is 52.6. The van der Waals surface area contributed by atoms with Gasteiger partial charge in [0.1, 0.15) is 0 Å². The van der Waals surface area contributed by atoms with Crippen molar-refractivity contribution in [3.8, 4) is 0 Å². The van der Waals surface area contributed by atoms with E-state index < -0.39 is 117 Å². The van der Waals surface area contributed by atoms with Crippen molar-refractivity contribution in [3.63, 3.8) is 0 Å². The molecule has 16 aliphatic rings. The van der Waals surface area contributed by atoms with Gasteiger partial charge in [-0.1, -0.05) is 27.7 Å². The molecule has 420 valence electrons. The summed E-state index contributed by atoms with van der Waals surface area (Å²) < 4.78 is 28.5. The van der Waals surface area contributed by atoms with E-state index in [1.807, 2.05) is 0 Å². The maximum atomic E-state index is 13.1. The average molecular weight is 1110 g/mol. The summed E-state index contributed by atoms with van der Waals surface area (Å²) in [7, 11) is 2.11. The fourth-order valence-electron chi connectivity index (χ4n) is 11.3. The summed E-state index contributed by atoms with van der Waals surface area (Å²) in [6, 6.07) is 0. The third kappa shape index (κ3) is 5.21. The smallest absolute Gasteiger partial charge is 0.422 e. The Bertz CT molecular complexity index is 2560. The number of carbonyl (C=O) groups is 3. The summed E-state index contributed by atoms with van der Waals surface area (Å²) in [5.74, 6) is -38.2. The number of rotatable bonds is 21. The summed E-state index contributed by atoms with van der Waals surface area (Å²) >= 11 is 0. The predicted octanol–water partition coefficient (Wildman–Crippen LogP) is -0.857. The minimum atomic E-state index is -2.70. The molecule has 39 heteroatoms. The molecule has 0 aliphatic carbocycles. The van der Waals surface area contributed by atoms with Gasteiger partial charge >= 0.3 is 99.5 Å². The van der Waals surface area contributed by atoms with E-state index in [0.717, 1.165) is 19.8 Å². The van der Waals surface area contributed by atoms with Gasteiger partial charge in [0.15, 0.2) is 18.0 Å². The molecule has 0 aromatic heterocycles. The second-order valence-electron chi connectivity index (χ2n) is 20.6. The van der Waals surface area contributed by atoms with Crippen LogP contribution in [0.5, 0.6) is 0 Å². The molecule has 16 rings (SSSR count). The number of hydrogen-bond acceptors (Lipinski definition) is 39. The van der Waals surface area contributed by atoms with E-state index in [1.165, 1.54) is 0 Å². The second-order valence-corrected chi connectivity index (χ2v) is 20.6. The molecule has 39 nitrogen and oxygen atoms in total. The highest BCUT2D eigenvalue weighted by Gasteiger charge is 3.21. The minimum Gasteiger partial charge on any atom is -0.422 e. The Morgan fingerprint density at radius 2 is 0.868 bits per heavy atom. The standard InChI is InChI=1S/C37H39NO38/c1-9-20(6)12-23(16(4)21(7,10-2)38(20)8)42-13-22(11-3,14-43-23)47-18(40)45-19(41)48-44-15-24(49-50-24)25(51-52-25)26(53-54-26)27(55-56-27)28(57-58-28)29(59-60-29)30(61-62-30)31(63-64-31)32(65-66-32)33(67-68-33)34(69-70-34)35(71-72-35)36(73-74-36)37(75-76-37)46-17(5)39/h16H,9-15H2,1-8H3. The van der Waals surface area contributed by atoms with Gasteiger partial charge in [-0.3, -0.25) is 14.6 Å². The highest BCUT2D eigenvalue weighted by atomic mass is 17.6. The number of ether oxygens (including phenoxy) is 5. The van der Waals surface area contributed by atoms with Crippen molar-refractivity contribution < 1.29 is 185 Å². The third-order valence-corrected chi connectivity index (χ3v) is 17.4. The number of piperidine rings is 1. The van der Waals surface area contributed by atoms with Crippen molar-refractivity contribution in [3.05, 3.63) is 0 Å². The molecule has 1 spiro atoms. The van der Waals surface area contributed by atoms with Crippen LogP contribution in [-0.2, 0) is 175 Å². The lowest BCUT2D eigenvalue weighted by atomic mass is 9.66. The van der Waals surface area contributed by atoms with Crippen LogP contribution in [0.15, 0.2) is 0 Å². The number of hydrogen-bond donors (Lipinski definition) is 0. The lowest BCUT2D eigenvalue weighted by molar-refractivity contribution is -0.375. The van der Waals surface area contributed by atoms with E-state index in [0.29, 0.717) is 6.42 Å². The Morgan fingerprint density at radius 1 is 0.487 bits per heavy atom. The fourth-order valence-corrected chi connectivity index (χ4v) is 11.3. The van der Waals surface area contributed by atoms with Crippen LogP contribution in [0.4, 0.5) is 9.59 Å². The van der Waals surface area contributed by atoms with Crippen LogP contribution in [0.1, 0.15) is 74.1 Å². The molecule has 76 heavy (non-hydrogen) atoms. The van der Waals surface area contributed by atoms with Gasteiger partial charge in [0.05, 0.1) is 13.2 Å². The van der Waals surface area contributed by atoms with E-state index in [9.17, 15) is 14.4 Å². The van der Waals surface area contributed by atoms with Gasteiger partial charge in [0.25, 0.3) is 0 Å². The SMILES string of the molecule is CCC1(OC(=O)OC(=O)OOCC2(C3(C4(C5(C6(C7(C8(C9(C%10(C%11(C%12(C%13(C%14(C%15(OC(C)=O)OO%15)OO%14)OO%13)OO%12)OO%11)OO%10)OO9)OO8)OO7)OO6)OO5)OO4)OO3)OO2)COC2(CC(C)(CC)N(C)C(C)(CC)C2C)OC1. The first-order chi connectivity index (χ1) is 36.2. The zero-order valence-electron chi connectivity index (χ0n) is 40.0. The monoisotopic (exact) mass is 1110 g/mol. The third-order valence-electron chi connectivity index (χ3n) is 17.4. The number of likely N-dealkylation sites (tertiary alicyclic amines) is 1. The molecule has 0 radical (unpaired) electrons. The number of esters is 1. The van der Waals surface area contributed by atoms with E-state index in [1.54, 1.807) is 6.92 Å². The molecule has 16 heterocycles. The molecule has 16 saturated heterocycles. The molecule has 0 N–H and O–H groups in total. The molecule has 16 aliphatic heterocycles. The summed E-state index contributed by atoms with van der Waals surface area (Å²) in [6.07, 6.45) is -0.725. The molecule has 0 saturated carbocycles. The maximum Gasteiger partial charge on any atom is 0.550 e. The van der Waals surface area contributed by atoms with Crippen molar-refractivity contribution in [2.45, 2.75) is 178 Å². The van der Waals surface area contributed by atoms with Crippen LogP contribution >= 0.6 is 0 Å². The first-order valence-corrected chi connectivity index (χ1v) is 23.3. The molecular weight excluding hydrogens is 1070 g/mol. The Hall–Kier alpha value is -3.07. The Balaban J connectivity index is 0.590. The predicted molar refractivity (Wildman–Crippen MR) is 187 cm³/mol. The van der Waals surface area contributed by atoms with Crippen molar-refractivity contribution in [1.29, 1.82) is 0 Å². The normalized spacial score (nSPS) is 42.7. The van der Waals surface area contributed by atoms with Crippen molar-refractivity contribution in [2.24, 2.45) is 5.92 Å². The molecule has 0 aromatic rings. The minimum absolute atomic E-state index is 0.0638. The maximum absolute atomic E-state index is 13.1. The summed E-state index contributed by atoms with van der Waals surface area (Å²) in [4.78, 5) is 199. The van der Waals surface area contributed by atoms with Crippen LogP contribution in [-0.4, -0.2) is 154 Å². The zero-order valence-corrected chi connectivity index (χ0v) is 40.0. The highest BCUT2D eigenvalue weighted by Crippen LogP contribution is 2.85. The number of carbonyl (C=O) groups excluding carboxylic acids is 3. The summed E-state index contributed by atoms with van der Waals surface area (Å²) in [5.41, 5.74) is -1.89. The Kier molecular flexibility index (Phi) is 8.86. The molecule has 0 aromatic carbocycles. The highest BCUT2D eigenvalue weighted by molar-refractivity contribution is 5.76. The topological polar surface area (TPSA) is 470 Å². The van der Waals surface area contributed by atoms with Crippen LogP contribution in [0, 0.1) is 5.92 Å². The van der Waals surface area contributed by atoms with Gasteiger partial charge in [0.2, 0.25) is 0 Å². The van der Waals surface area contributed by atoms with Crippen LogP contribution in [0.25, 0.3) is 0 Å². The largest absolute Gasteiger partial charge is 0.550 e. The summed E-state index contributed by atoms with van der Waals surface area (Å²) in [5, 5.41) is 0. The molecule has 3 unspecified atom stereocenters. The molecular formula is C37H39NO38. The first-order valence-electron chi connectivity index (χ1n) is 23.3. The van der Waals surface area contributed by atoms with Crippen molar-refractivity contribution >= 4 is 18.3 Å². The Labute approximate surface area is 418 Å². The van der Waals surface area contributed by atoms with Gasteiger partial charge in [-0.2, -0.15) is 132 Å². The van der Waals surface area contributed by atoms with Crippen molar-refractivity contribution in [2.75, 3.05) is 26.9 Å². The number of nitrogens with zero attached hydrogens (tertiary/aromatic N) is 1. The van der Waals surface area contributed by atoms with E-state index in [4.69, 9.17) is 165 Å². The molecule has 0 bridgehead atoms. The summed E-state index contributed by atoms with van der Waals surface area (Å²) in [6.45, 7) is 12.3. The molecule has 16 fully saturated rings. The van der Waals surface area contributed by atoms with E-state index >= 15 is 0 Å². The van der Waals surface area contributed by atoms with Crippen molar-refractivity contribution in [1.82, 2.24) is 4.90 Å². The second kappa shape index (κ2) is 13.8. The molecule has 3 atom stereocenters. The van der Waals surface area contributed by atoms with Crippen LogP contribution < -0.4 is 0 Å². The van der Waals surface area contributed by atoms with Crippen LogP contribution in [0.3, 0.4) is 0 Å². The van der Waals surface area contributed by atoms with Gasteiger partial charge in [0, 0.05) is 30.3 Å². The lowest BCUT2D eigenvalue weighted by Gasteiger charge is -2.64. The van der Waals surface area contributed by atoms with Gasteiger partial charge in [-0.05, 0) is 40.2 Å². The lowest BCUT2D eigenvalue weighted by Crippen LogP contribution is -2.73. The van der Waals surface area contributed by atoms with E-state index in [2.05, 4.69) is 51.5 Å². The Morgan fingerprint density at radius 3 is 1.18 bits per heavy atom. The molecule has 0 amide bonds. The first kappa shape index (κ1) is 48.8. The van der Waals surface area contributed by atoms with E-state index in [-0.39, 0.29) is 36.6 Å².